The van der Waals surface area contributed by atoms with Crippen molar-refractivity contribution in [1.29, 1.82) is 0 Å². The molecule has 54 heavy (non-hydrogen) atoms. The minimum atomic E-state index is -0.949. The third-order valence-corrected chi connectivity index (χ3v) is 7.40. The van der Waals surface area contributed by atoms with Crippen molar-refractivity contribution < 1.29 is 47.8 Å². The molecule has 0 saturated carbocycles. The zero-order chi connectivity index (χ0) is 42.1. The average Bonchev–Trinajstić information content (AvgIpc) is 3.81. The molecular formula is C34H62ClN9O10. The Morgan fingerprint density at radius 2 is 1.06 bits per heavy atom. The molecule has 0 spiro atoms. The summed E-state index contributed by atoms with van der Waals surface area (Å²) in [5, 5.41) is 7.74. The molecule has 0 unspecified atom stereocenters. The molecule has 19 nitrogen and oxygen atoms in total. The Bertz CT molecular complexity index is 1310. The predicted molar refractivity (Wildman–Crippen MR) is 201 cm³/mol. The maximum absolute atomic E-state index is 11.8. The molecular weight excluding hydrogens is 730 g/mol. The topological polar surface area (TPSA) is 233 Å². The van der Waals surface area contributed by atoms with Crippen molar-refractivity contribution in [1.82, 2.24) is 40.4 Å². The Morgan fingerprint density at radius 3 is 1.37 bits per heavy atom. The van der Waals surface area contributed by atoms with E-state index >= 15 is 0 Å². The highest BCUT2D eigenvalue weighted by Crippen LogP contribution is 2.13. The lowest BCUT2D eigenvalue weighted by Gasteiger charge is -2.22. The molecule has 3 atom stereocenters. The molecule has 0 aromatic rings. The van der Waals surface area contributed by atoms with Gasteiger partial charge in [0.05, 0.1) is 6.04 Å². The second-order valence-electron chi connectivity index (χ2n) is 15.4. The first-order valence-corrected chi connectivity index (χ1v) is 17.9. The van der Waals surface area contributed by atoms with Crippen molar-refractivity contribution in [2.75, 3.05) is 81.6 Å². The van der Waals surface area contributed by atoms with Crippen molar-refractivity contribution in [3.8, 4) is 0 Å². The molecule has 3 saturated heterocycles. The number of halogens is 1. The summed E-state index contributed by atoms with van der Waals surface area (Å²) in [6.45, 7) is 14.6. The van der Waals surface area contributed by atoms with E-state index in [0.29, 0.717) is 32.6 Å². The van der Waals surface area contributed by atoms with Gasteiger partial charge in [0.15, 0.2) is 0 Å². The maximum Gasteiger partial charge on any atom is 0.407 e. The van der Waals surface area contributed by atoms with Gasteiger partial charge < -0.3 is 55.7 Å². The second kappa shape index (κ2) is 22.9. The van der Waals surface area contributed by atoms with Crippen LogP contribution in [0.25, 0.3) is 0 Å². The van der Waals surface area contributed by atoms with Crippen molar-refractivity contribution in [3.05, 3.63) is 0 Å². The highest BCUT2D eigenvalue weighted by Gasteiger charge is 2.32. The Morgan fingerprint density at radius 1 is 0.648 bits per heavy atom. The summed E-state index contributed by atoms with van der Waals surface area (Å²) in [5.41, 5.74) is 4.66. The largest absolute Gasteiger partial charge is 0.444 e. The van der Waals surface area contributed by atoms with Crippen LogP contribution in [0.5, 0.6) is 0 Å². The van der Waals surface area contributed by atoms with Crippen LogP contribution in [-0.2, 0) is 38.2 Å². The molecule has 3 fully saturated rings. The lowest BCUT2D eigenvalue weighted by atomic mass is 10.2. The molecule has 0 bridgehead atoms. The third kappa shape index (κ3) is 20.9. The van der Waals surface area contributed by atoms with Crippen molar-refractivity contribution >= 4 is 58.6 Å². The first kappa shape index (κ1) is 49.8. The molecule has 3 aliphatic rings. The highest BCUT2D eigenvalue weighted by molar-refractivity contribution is 6.80. The van der Waals surface area contributed by atoms with Crippen LogP contribution < -0.4 is 21.7 Å². The number of hydrogen-bond acceptors (Lipinski definition) is 12. The number of nitrogens with one attached hydrogen (secondary N) is 3. The van der Waals surface area contributed by atoms with E-state index < -0.39 is 52.1 Å². The van der Waals surface area contributed by atoms with Crippen LogP contribution in [0.4, 0.5) is 9.59 Å². The number of rotatable bonds is 3. The van der Waals surface area contributed by atoms with E-state index in [1.165, 1.54) is 47.8 Å². The average molecular weight is 792 g/mol. The molecule has 7 amide bonds. The number of nitrogens with zero attached hydrogens (tertiary/aromatic N) is 5. The van der Waals surface area contributed by atoms with Gasteiger partial charge >= 0.3 is 47.0 Å². The van der Waals surface area contributed by atoms with Gasteiger partial charge in [0, 0.05) is 87.1 Å². The van der Waals surface area contributed by atoms with Crippen LogP contribution in [0.15, 0.2) is 0 Å². The molecule has 20 heteroatoms. The highest BCUT2D eigenvalue weighted by atomic mass is 35.5. The second-order valence-corrected chi connectivity index (χ2v) is 15.7. The van der Waals surface area contributed by atoms with Crippen molar-refractivity contribution in [2.24, 2.45) is 5.73 Å². The predicted octanol–water partition coefficient (Wildman–Crippen LogP) is -0.453. The Labute approximate surface area is 323 Å². The number of nitrogens with two attached hydrogens (primary N) is 1. The Kier molecular flexibility index (Phi) is 21.1. The normalized spacial score (nSPS) is 18.9. The maximum atomic E-state index is 11.8. The molecule has 310 valence electrons. The number of carbonyl (C=O) groups excluding carboxylic acids is 8. The molecule has 0 aromatic carbocycles. The van der Waals surface area contributed by atoms with E-state index in [1.54, 1.807) is 34.9 Å². The van der Waals surface area contributed by atoms with Gasteiger partial charge in [-0.3, -0.25) is 28.8 Å². The fourth-order valence-corrected chi connectivity index (χ4v) is 4.76. The van der Waals surface area contributed by atoms with Gasteiger partial charge in [-0.1, -0.05) is 0 Å². The zero-order valence-electron chi connectivity index (χ0n) is 33.9. The SMILES string of the molecule is CC(C)(C)OC(=O)N[C@H]1CCNC1.CN(C)C(=O)C(=O)Cl.CN(C)C(=O)C(=O)N1CC[C@H](N)C1.CN(C)C(=O)C(=O)N1CC[C@H](NC(=O)OC(C)(C)C)C1. The van der Waals surface area contributed by atoms with Gasteiger partial charge in [-0.05, 0) is 79.0 Å². The molecule has 3 heterocycles. The van der Waals surface area contributed by atoms with Gasteiger partial charge in [-0.2, -0.15) is 0 Å². The number of likely N-dealkylation sites (N-methyl/N-ethyl adjacent to an activating group) is 3. The van der Waals surface area contributed by atoms with E-state index in [0.717, 1.165) is 30.8 Å². The first-order chi connectivity index (χ1) is 24.6. The quantitative estimate of drug-likeness (QED) is 0.210. The van der Waals surface area contributed by atoms with E-state index in [9.17, 15) is 38.4 Å². The molecule has 0 radical (unpaired) electrons. The smallest absolute Gasteiger partial charge is 0.407 e. The molecule has 3 rings (SSSR count). The summed E-state index contributed by atoms with van der Waals surface area (Å²) in [5.74, 6) is -2.70. The molecule has 0 aliphatic carbocycles. The van der Waals surface area contributed by atoms with E-state index in [4.69, 9.17) is 26.8 Å². The summed E-state index contributed by atoms with van der Waals surface area (Å²) >= 11 is 4.79. The van der Waals surface area contributed by atoms with E-state index in [2.05, 4.69) is 16.0 Å². The van der Waals surface area contributed by atoms with E-state index in [-0.39, 0.29) is 24.2 Å². The van der Waals surface area contributed by atoms with Crippen LogP contribution in [0.1, 0.15) is 60.8 Å². The summed E-state index contributed by atoms with van der Waals surface area (Å²) in [6, 6.07) is 0.0810. The zero-order valence-corrected chi connectivity index (χ0v) is 34.6. The summed E-state index contributed by atoms with van der Waals surface area (Å²) in [4.78, 5) is 95.8. The van der Waals surface area contributed by atoms with Gasteiger partial charge in [0.2, 0.25) is 0 Å². The molecule has 5 N–H and O–H groups in total. The monoisotopic (exact) mass is 791 g/mol. The van der Waals surface area contributed by atoms with Crippen LogP contribution in [0.3, 0.4) is 0 Å². The lowest BCUT2D eigenvalue weighted by molar-refractivity contribution is -0.149. The molecule has 0 aromatic heterocycles. The molecule has 3 aliphatic heterocycles. The van der Waals surface area contributed by atoms with Crippen molar-refractivity contribution in [2.45, 2.75) is 90.1 Å². The summed E-state index contributed by atoms with van der Waals surface area (Å²) in [7, 11) is 9.12. The van der Waals surface area contributed by atoms with Gasteiger partial charge in [0.1, 0.15) is 11.2 Å². The van der Waals surface area contributed by atoms with Gasteiger partial charge in [0.25, 0.3) is 0 Å². The van der Waals surface area contributed by atoms with Crippen molar-refractivity contribution in [3.63, 3.8) is 0 Å². The number of ether oxygens (including phenoxy) is 2. The minimum absolute atomic E-state index is 0.0268. The lowest BCUT2D eigenvalue weighted by Crippen LogP contribution is -2.44. The Balaban J connectivity index is 0.000000729. The minimum Gasteiger partial charge on any atom is -0.444 e. The number of carbonyl (C=O) groups is 8. The number of hydrogen-bond donors (Lipinski definition) is 4. The van der Waals surface area contributed by atoms with Gasteiger partial charge in [-0.15, -0.1) is 0 Å². The number of likely N-dealkylation sites (tertiary alicyclic amines) is 2. The van der Waals surface area contributed by atoms with Gasteiger partial charge in [-0.25, -0.2) is 9.59 Å². The Hall–Kier alpha value is -4.23. The fraction of sp³-hybridized carbons (Fsp3) is 0.765. The fourth-order valence-electron chi connectivity index (χ4n) is 4.59. The number of alkyl carbamates (subject to hydrolysis) is 2. The first-order valence-electron chi connectivity index (χ1n) is 17.5. The number of amides is 7. The van der Waals surface area contributed by atoms with Crippen LogP contribution in [-0.4, -0.2) is 182 Å². The van der Waals surface area contributed by atoms with Crippen LogP contribution >= 0.6 is 11.6 Å². The summed E-state index contributed by atoms with van der Waals surface area (Å²) in [6.07, 6.45) is 1.56. The van der Waals surface area contributed by atoms with Crippen LogP contribution in [0, 0.1) is 0 Å². The van der Waals surface area contributed by atoms with Crippen LogP contribution in [0.2, 0.25) is 0 Å². The van der Waals surface area contributed by atoms with E-state index in [1.807, 2.05) is 20.8 Å². The third-order valence-electron chi connectivity index (χ3n) is 7.24. The summed E-state index contributed by atoms with van der Waals surface area (Å²) < 4.78 is 10.3. The standard InChI is InChI=1S/C13H23N3O4.C9H18N2O2.C8H15N3O2.C4H6ClNO2/c1-13(2,3)20-12(19)14-9-6-7-16(8-9)11(18)10(17)15(4)5;1-9(2,3)13-8(12)11-7-4-5-10-6-7;1-10(2)7(12)8(13)11-4-3-6(9)5-11;1-6(2)4(8)3(5)7/h9H,6-8H2,1-5H3,(H,14,19);7,10H,4-6H2,1-3H3,(H,11,12);6H,3-5,9H2,1-2H3;1-2H3/t9-;7-;6-;/m000./s1.